The van der Waals surface area contributed by atoms with Crippen LogP contribution in [0, 0.1) is 0 Å². The third-order valence-electron chi connectivity index (χ3n) is 6.16. The highest BCUT2D eigenvalue weighted by Crippen LogP contribution is 2.33. The molecule has 37 heavy (non-hydrogen) atoms. The Morgan fingerprint density at radius 3 is 2.54 bits per heavy atom. The summed E-state index contributed by atoms with van der Waals surface area (Å²) < 4.78 is 23.4. The van der Waals surface area contributed by atoms with E-state index in [1.54, 1.807) is 0 Å². The molecule has 0 radical (unpaired) electrons. The van der Waals surface area contributed by atoms with Gasteiger partial charge in [0.1, 0.15) is 12.4 Å². The van der Waals surface area contributed by atoms with Gasteiger partial charge in [-0.15, -0.1) is 0 Å². The van der Waals surface area contributed by atoms with Crippen LogP contribution in [0.3, 0.4) is 0 Å². The predicted octanol–water partition coefficient (Wildman–Crippen LogP) is 4.01. The summed E-state index contributed by atoms with van der Waals surface area (Å²) in [4.78, 5) is 18.5. The Bertz CT molecular complexity index is 1280. The van der Waals surface area contributed by atoms with Crippen molar-refractivity contribution in [1.29, 1.82) is 0 Å². The van der Waals surface area contributed by atoms with Crippen LogP contribution in [0.25, 0.3) is 0 Å². The van der Waals surface area contributed by atoms with Crippen molar-refractivity contribution in [2.75, 3.05) is 26.6 Å². The SMILES string of the molecule is O=C(NCc1ccc2c(c1)OCO2)[C@@]1(Cc2ccc(Br)cc2)COC(c2ccc(OCCCO)cc2)=N1. The number of aliphatic hydroxyl groups excluding tert-OH is 1. The van der Waals surface area contributed by atoms with E-state index in [-0.39, 0.29) is 25.9 Å². The topological polar surface area (TPSA) is 98.6 Å². The number of hydrogen-bond donors (Lipinski definition) is 2. The van der Waals surface area contributed by atoms with Crippen LogP contribution in [0.4, 0.5) is 0 Å². The predicted molar refractivity (Wildman–Crippen MR) is 141 cm³/mol. The van der Waals surface area contributed by atoms with Crippen molar-refractivity contribution in [2.24, 2.45) is 4.99 Å². The second-order valence-corrected chi connectivity index (χ2v) is 9.78. The quantitative estimate of drug-likeness (QED) is 0.360. The minimum absolute atomic E-state index is 0.0832. The summed E-state index contributed by atoms with van der Waals surface area (Å²) in [5, 5.41) is 12.0. The molecular formula is C28H27BrN2O6. The van der Waals surface area contributed by atoms with Crippen molar-refractivity contribution in [1.82, 2.24) is 5.32 Å². The molecule has 2 aliphatic rings. The maximum atomic E-state index is 13.6. The van der Waals surface area contributed by atoms with Gasteiger partial charge in [0.05, 0.1) is 6.61 Å². The van der Waals surface area contributed by atoms with Gasteiger partial charge < -0.3 is 29.4 Å². The highest BCUT2D eigenvalue weighted by atomic mass is 79.9. The summed E-state index contributed by atoms with van der Waals surface area (Å²) in [6.45, 7) is 1.17. The van der Waals surface area contributed by atoms with Crippen molar-refractivity contribution in [2.45, 2.75) is 24.9 Å². The molecule has 3 aromatic rings. The van der Waals surface area contributed by atoms with Crippen LogP contribution in [0.2, 0.25) is 0 Å². The lowest BCUT2D eigenvalue weighted by atomic mass is 9.91. The second kappa shape index (κ2) is 11.2. The number of benzene rings is 3. The van der Waals surface area contributed by atoms with Gasteiger partial charge in [-0.3, -0.25) is 4.79 Å². The zero-order chi connectivity index (χ0) is 25.7. The zero-order valence-electron chi connectivity index (χ0n) is 20.1. The number of aliphatic imine (C=N–C) groups is 1. The molecule has 0 fully saturated rings. The van der Waals surface area contributed by atoms with E-state index in [1.165, 1.54) is 0 Å². The van der Waals surface area contributed by atoms with Gasteiger partial charge in [0.2, 0.25) is 12.7 Å². The van der Waals surface area contributed by atoms with Crippen LogP contribution >= 0.6 is 15.9 Å². The van der Waals surface area contributed by atoms with Crippen LogP contribution in [-0.4, -0.2) is 49.1 Å². The van der Waals surface area contributed by atoms with Gasteiger partial charge in [0, 0.05) is 36.0 Å². The molecule has 0 saturated heterocycles. The molecule has 1 amide bonds. The zero-order valence-corrected chi connectivity index (χ0v) is 21.7. The number of carbonyl (C=O) groups excluding carboxylic acids is 1. The van der Waals surface area contributed by atoms with E-state index in [0.29, 0.717) is 49.1 Å². The van der Waals surface area contributed by atoms with Gasteiger partial charge in [0.25, 0.3) is 5.91 Å². The molecule has 0 saturated carbocycles. The van der Waals surface area contributed by atoms with Crippen molar-refractivity contribution in [3.05, 3.63) is 87.9 Å². The van der Waals surface area contributed by atoms with Crippen LogP contribution in [-0.2, 0) is 22.5 Å². The molecule has 9 heteroatoms. The number of rotatable bonds is 10. The van der Waals surface area contributed by atoms with Crippen molar-refractivity contribution in [3.63, 3.8) is 0 Å². The lowest BCUT2D eigenvalue weighted by molar-refractivity contribution is -0.126. The molecule has 0 spiro atoms. The Balaban J connectivity index is 1.35. The first-order valence-corrected chi connectivity index (χ1v) is 12.8. The number of halogens is 1. The number of fused-ring (bicyclic) bond motifs is 1. The Hall–Kier alpha value is -3.56. The van der Waals surface area contributed by atoms with E-state index < -0.39 is 5.54 Å². The average Bonchev–Trinajstić information content (AvgIpc) is 3.57. The normalized spacial score (nSPS) is 17.7. The molecule has 0 bridgehead atoms. The third kappa shape index (κ3) is 5.89. The fourth-order valence-electron chi connectivity index (χ4n) is 4.17. The maximum absolute atomic E-state index is 13.6. The molecule has 192 valence electrons. The number of ether oxygens (including phenoxy) is 4. The summed E-state index contributed by atoms with van der Waals surface area (Å²) in [7, 11) is 0. The molecule has 5 rings (SSSR count). The van der Waals surface area contributed by atoms with Gasteiger partial charge in [-0.2, -0.15) is 0 Å². The first kappa shape index (κ1) is 25.1. The van der Waals surface area contributed by atoms with E-state index >= 15 is 0 Å². The molecule has 8 nitrogen and oxygen atoms in total. The number of amides is 1. The molecule has 0 aromatic heterocycles. The Labute approximate surface area is 223 Å². The second-order valence-electron chi connectivity index (χ2n) is 8.86. The number of hydrogen-bond acceptors (Lipinski definition) is 7. The van der Waals surface area contributed by atoms with Crippen LogP contribution < -0.4 is 19.5 Å². The molecule has 2 aliphatic heterocycles. The lowest BCUT2D eigenvalue weighted by Gasteiger charge is -2.23. The smallest absolute Gasteiger partial charge is 0.252 e. The fraction of sp³-hybridized carbons (Fsp3) is 0.286. The van der Waals surface area contributed by atoms with Crippen LogP contribution in [0.15, 0.2) is 76.2 Å². The molecule has 0 aliphatic carbocycles. The lowest BCUT2D eigenvalue weighted by Crippen LogP contribution is -2.48. The standard InChI is InChI=1S/C28H27BrN2O6/c29-22-7-2-19(3-8-22)15-28(27(33)30-16-20-4-11-24-25(14-20)37-18-36-24)17-35-26(31-28)21-5-9-23(10-6-21)34-13-1-12-32/h2-11,14,32H,1,12-13,15-18H2,(H,30,33)/t28-/m1/s1. The highest BCUT2D eigenvalue weighted by molar-refractivity contribution is 9.10. The summed E-state index contributed by atoms with van der Waals surface area (Å²) in [5.41, 5.74) is 1.52. The van der Waals surface area contributed by atoms with Crippen molar-refractivity contribution in [3.8, 4) is 17.2 Å². The summed E-state index contributed by atoms with van der Waals surface area (Å²) in [6, 6.07) is 20.8. The van der Waals surface area contributed by atoms with E-state index in [2.05, 4.69) is 21.2 Å². The largest absolute Gasteiger partial charge is 0.494 e. The first-order valence-electron chi connectivity index (χ1n) is 12.0. The van der Waals surface area contributed by atoms with Gasteiger partial charge in [0.15, 0.2) is 17.0 Å². The summed E-state index contributed by atoms with van der Waals surface area (Å²) in [6.07, 6.45) is 0.955. The Kier molecular flexibility index (Phi) is 7.62. The number of nitrogens with zero attached hydrogens (tertiary/aromatic N) is 1. The van der Waals surface area contributed by atoms with Gasteiger partial charge in [-0.05, 0) is 59.7 Å². The van der Waals surface area contributed by atoms with Crippen LogP contribution in [0.5, 0.6) is 17.2 Å². The molecule has 3 aromatic carbocycles. The number of nitrogens with one attached hydrogen (secondary N) is 1. The molecule has 2 heterocycles. The van der Waals surface area contributed by atoms with E-state index in [1.807, 2.05) is 66.7 Å². The minimum Gasteiger partial charge on any atom is -0.494 e. The monoisotopic (exact) mass is 566 g/mol. The molecule has 0 unspecified atom stereocenters. The highest BCUT2D eigenvalue weighted by Gasteiger charge is 2.44. The number of aliphatic hydroxyl groups is 1. The Morgan fingerprint density at radius 2 is 1.76 bits per heavy atom. The van der Waals surface area contributed by atoms with Gasteiger partial charge >= 0.3 is 0 Å². The third-order valence-corrected chi connectivity index (χ3v) is 6.69. The summed E-state index contributed by atoms with van der Waals surface area (Å²) in [5.74, 6) is 2.26. The van der Waals surface area contributed by atoms with E-state index in [9.17, 15) is 4.79 Å². The summed E-state index contributed by atoms with van der Waals surface area (Å²) >= 11 is 3.46. The first-order chi connectivity index (χ1) is 18.0. The molecule has 2 N–H and O–H groups in total. The van der Waals surface area contributed by atoms with E-state index in [0.717, 1.165) is 21.2 Å². The van der Waals surface area contributed by atoms with Gasteiger partial charge in [-0.1, -0.05) is 34.1 Å². The van der Waals surface area contributed by atoms with Gasteiger partial charge in [-0.25, -0.2) is 4.99 Å². The van der Waals surface area contributed by atoms with Crippen molar-refractivity contribution < 1.29 is 28.8 Å². The van der Waals surface area contributed by atoms with E-state index in [4.69, 9.17) is 29.0 Å². The van der Waals surface area contributed by atoms with Crippen LogP contribution in [0.1, 0.15) is 23.1 Å². The Morgan fingerprint density at radius 1 is 1.00 bits per heavy atom. The molecular weight excluding hydrogens is 540 g/mol. The number of carbonyl (C=O) groups is 1. The molecule has 1 atom stereocenters. The fourth-order valence-corrected chi connectivity index (χ4v) is 4.43. The minimum atomic E-state index is -1.12. The maximum Gasteiger partial charge on any atom is 0.252 e. The van der Waals surface area contributed by atoms with Crippen molar-refractivity contribution >= 4 is 27.7 Å². The average molecular weight is 567 g/mol.